The van der Waals surface area contributed by atoms with E-state index in [0.29, 0.717) is 5.92 Å². The largest absolute Gasteiger partial charge is 0.494 e. The Morgan fingerprint density at radius 1 is 1.30 bits per heavy atom. The van der Waals surface area contributed by atoms with Crippen molar-refractivity contribution in [3.63, 3.8) is 0 Å². The minimum atomic E-state index is -0.738. The van der Waals surface area contributed by atoms with Crippen LogP contribution < -0.4 is 10.1 Å². The van der Waals surface area contributed by atoms with Crippen molar-refractivity contribution in [2.45, 2.75) is 38.6 Å². The quantitative estimate of drug-likeness (QED) is 0.846. The fourth-order valence-electron chi connectivity index (χ4n) is 2.79. The van der Waals surface area contributed by atoms with E-state index in [2.05, 4.69) is 12.2 Å². The predicted molar refractivity (Wildman–Crippen MR) is 82.8 cm³/mol. The fraction of sp³-hybridized carbons (Fsp3) is 0.529. The van der Waals surface area contributed by atoms with Gasteiger partial charge in [-0.15, -0.1) is 0 Å². The van der Waals surface area contributed by atoms with Crippen LogP contribution in [0.2, 0.25) is 0 Å². The van der Waals surface area contributed by atoms with Crippen LogP contribution in [0, 0.1) is 11.7 Å². The summed E-state index contributed by atoms with van der Waals surface area (Å²) in [6, 6.07) is 3.90. The summed E-state index contributed by atoms with van der Waals surface area (Å²) in [5, 5.41) is 2.89. The van der Waals surface area contributed by atoms with Gasteiger partial charge in [0.25, 0.3) is 5.91 Å². The van der Waals surface area contributed by atoms with Crippen molar-refractivity contribution < 1.29 is 23.5 Å². The summed E-state index contributed by atoms with van der Waals surface area (Å²) in [6.45, 7) is 1.74. The number of benzene rings is 1. The van der Waals surface area contributed by atoms with Crippen LogP contribution in [-0.4, -0.2) is 31.6 Å². The van der Waals surface area contributed by atoms with E-state index in [1.165, 1.54) is 25.7 Å². The smallest absolute Gasteiger partial charge is 0.338 e. The molecule has 0 bridgehead atoms. The second-order valence-electron chi connectivity index (χ2n) is 5.86. The van der Waals surface area contributed by atoms with Gasteiger partial charge in [0, 0.05) is 6.04 Å². The molecule has 0 aromatic heterocycles. The number of halogens is 1. The van der Waals surface area contributed by atoms with Gasteiger partial charge in [-0.2, -0.15) is 0 Å². The van der Waals surface area contributed by atoms with Gasteiger partial charge in [-0.3, -0.25) is 4.79 Å². The molecule has 1 fully saturated rings. The van der Waals surface area contributed by atoms with E-state index in [-0.39, 0.29) is 29.9 Å². The third-order valence-electron chi connectivity index (χ3n) is 4.18. The topological polar surface area (TPSA) is 64.6 Å². The molecular formula is C17H22FNO4. The Morgan fingerprint density at radius 3 is 2.70 bits per heavy atom. The maximum absolute atomic E-state index is 13.5. The van der Waals surface area contributed by atoms with Gasteiger partial charge >= 0.3 is 5.97 Å². The van der Waals surface area contributed by atoms with Crippen LogP contribution in [0.4, 0.5) is 4.39 Å². The second-order valence-corrected chi connectivity index (χ2v) is 5.86. The first-order valence-electron chi connectivity index (χ1n) is 7.81. The highest BCUT2D eigenvalue weighted by Gasteiger charge is 2.23. The lowest BCUT2D eigenvalue weighted by Crippen LogP contribution is -2.42. The molecule has 126 valence electrons. The summed E-state index contributed by atoms with van der Waals surface area (Å²) >= 11 is 0. The molecule has 1 amide bonds. The average Bonchev–Trinajstić information content (AvgIpc) is 2.54. The maximum atomic E-state index is 13.5. The number of hydrogen-bond acceptors (Lipinski definition) is 4. The summed E-state index contributed by atoms with van der Waals surface area (Å²) in [5.74, 6) is -1.24. The zero-order valence-electron chi connectivity index (χ0n) is 13.4. The highest BCUT2D eigenvalue weighted by Crippen LogP contribution is 2.23. The lowest BCUT2D eigenvalue weighted by Gasteiger charge is -2.29. The Kier molecular flexibility index (Phi) is 5.96. The number of ether oxygens (including phenoxy) is 2. The van der Waals surface area contributed by atoms with E-state index < -0.39 is 11.8 Å². The zero-order valence-corrected chi connectivity index (χ0v) is 13.4. The van der Waals surface area contributed by atoms with Crippen LogP contribution in [-0.2, 0) is 9.53 Å². The summed E-state index contributed by atoms with van der Waals surface area (Å²) in [6.07, 6.45) is 4.33. The molecule has 1 aliphatic rings. The number of hydrogen-bond donors (Lipinski definition) is 1. The Hall–Kier alpha value is -2.11. The van der Waals surface area contributed by atoms with Crippen molar-refractivity contribution in [3.8, 4) is 5.75 Å². The van der Waals surface area contributed by atoms with Gasteiger partial charge in [-0.05, 0) is 37.0 Å². The van der Waals surface area contributed by atoms with Gasteiger partial charge in [0.15, 0.2) is 18.2 Å². The molecule has 0 aliphatic heterocycles. The van der Waals surface area contributed by atoms with Gasteiger partial charge < -0.3 is 14.8 Å². The lowest BCUT2D eigenvalue weighted by molar-refractivity contribution is -0.125. The zero-order chi connectivity index (χ0) is 16.8. The Balaban J connectivity index is 1.83. The van der Waals surface area contributed by atoms with Crippen molar-refractivity contribution in [3.05, 3.63) is 29.6 Å². The van der Waals surface area contributed by atoms with Gasteiger partial charge in [-0.25, -0.2) is 9.18 Å². The van der Waals surface area contributed by atoms with Crippen LogP contribution in [0.3, 0.4) is 0 Å². The van der Waals surface area contributed by atoms with Crippen LogP contribution in [0.25, 0.3) is 0 Å². The number of carbonyl (C=O) groups excluding carboxylic acids is 2. The van der Waals surface area contributed by atoms with Gasteiger partial charge in [0.2, 0.25) is 0 Å². The van der Waals surface area contributed by atoms with Crippen LogP contribution in [0.5, 0.6) is 5.75 Å². The molecule has 2 rings (SSSR count). The number of carbonyl (C=O) groups is 2. The van der Waals surface area contributed by atoms with E-state index in [9.17, 15) is 14.0 Å². The third kappa shape index (κ3) is 4.68. The van der Waals surface area contributed by atoms with E-state index in [0.717, 1.165) is 25.3 Å². The summed E-state index contributed by atoms with van der Waals surface area (Å²) in [7, 11) is 1.34. The maximum Gasteiger partial charge on any atom is 0.338 e. The first kappa shape index (κ1) is 17.2. The normalized spacial score (nSPS) is 20.7. The summed E-state index contributed by atoms with van der Waals surface area (Å²) in [4.78, 5) is 23.7. The minimum absolute atomic E-state index is 0.0436. The molecule has 1 saturated carbocycles. The van der Waals surface area contributed by atoms with Crippen LogP contribution in [0.15, 0.2) is 18.2 Å². The van der Waals surface area contributed by atoms with Crippen molar-refractivity contribution in [2.75, 3.05) is 13.7 Å². The number of esters is 1. The van der Waals surface area contributed by atoms with Crippen molar-refractivity contribution in [1.82, 2.24) is 5.32 Å². The molecule has 0 radical (unpaired) electrons. The molecule has 0 spiro atoms. The highest BCUT2D eigenvalue weighted by molar-refractivity contribution is 5.91. The number of methoxy groups -OCH3 is 1. The number of amides is 1. The minimum Gasteiger partial charge on any atom is -0.494 e. The Morgan fingerprint density at radius 2 is 2.04 bits per heavy atom. The van der Waals surface area contributed by atoms with E-state index in [4.69, 9.17) is 9.47 Å². The monoisotopic (exact) mass is 323 g/mol. The lowest BCUT2D eigenvalue weighted by atomic mass is 9.86. The van der Waals surface area contributed by atoms with Crippen molar-refractivity contribution >= 4 is 11.9 Å². The molecule has 6 heteroatoms. The summed E-state index contributed by atoms with van der Waals surface area (Å²) < 4.78 is 23.3. The van der Waals surface area contributed by atoms with E-state index >= 15 is 0 Å². The van der Waals surface area contributed by atoms with Gasteiger partial charge in [0.1, 0.15) is 0 Å². The molecule has 1 aromatic rings. The highest BCUT2D eigenvalue weighted by atomic mass is 19.1. The molecule has 1 aromatic carbocycles. The van der Waals surface area contributed by atoms with Gasteiger partial charge in [-0.1, -0.05) is 19.8 Å². The van der Waals surface area contributed by atoms with E-state index in [1.54, 1.807) is 0 Å². The predicted octanol–water partition coefficient (Wildman–Crippen LogP) is 2.69. The Labute approximate surface area is 135 Å². The molecular weight excluding hydrogens is 301 g/mol. The molecule has 5 nitrogen and oxygen atoms in total. The first-order chi connectivity index (χ1) is 11.0. The molecule has 23 heavy (non-hydrogen) atoms. The SMILES string of the molecule is COc1ccc(C(=O)OCC(=O)N[C@H]2CCCC[C@H]2C)cc1F. The van der Waals surface area contributed by atoms with Gasteiger partial charge in [0.05, 0.1) is 12.7 Å². The second kappa shape index (κ2) is 7.94. The van der Waals surface area contributed by atoms with Crippen LogP contribution in [0.1, 0.15) is 43.0 Å². The third-order valence-corrected chi connectivity index (χ3v) is 4.18. The van der Waals surface area contributed by atoms with Crippen LogP contribution >= 0.6 is 0 Å². The molecule has 1 N–H and O–H groups in total. The molecule has 2 atom stereocenters. The molecule has 0 saturated heterocycles. The molecule has 1 aliphatic carbocycles. The standard InChI is InChI=1S/C17H22FNO4/c1-11-5-3-4-6-14(11)19-16(20)10-23-17(21)12-7-8-15(22-2)13(18)9-12/h7-9,11,14H,3-6,10H2,1-2H3,(H,19,20)/t11-,14+/m1/s1. The Bertz CT molecular complexity index is 576. The first-order valence-corrected chi connectivity index (χ1v) is 7.81. The van der Waals surface area contributed by atoms with Crippen molar-refractivity contribution in [1.29, 1.82) is 0 Å². The number of rotatable bonds is 5. The fourth-order valence-corrected chi connectivity index (χ4v) is 2.79. The summed E-state index contributed by atoms with van der Waals surface area (Å²) in [5.41, 5.74) is 0.0436. The molecule has 0 unspecified atom stereocenters. The average molecular weight is 323 g/mol. The van der Waals surface area contributed by atoms with Crippen molar-refractivity contribution in [2.24, 2.45) is 5.92 Å². The van der Waals surface area contributed by atoms with E-state index in [1.807, 2.05) is 0 Å². The molecule has 0 heterocycles. The number of nitrogens with one attached hydrogen (secondary N) is 1.